The number of rotatable bonds is 2. The van der Waals surface area contributed by atoms with Crippen molar-refractivity contribution < 1.29 is 18.3 Å². The first kappa shape index (κ1) is 16.2. The molecule has 1 heterocycles. The third-order valence-corrected chi connectivity index (χ3v) is 2.91. The zero-order valence-electron chi connectivity index (χ0n) is 13.0. The van der Waals surface area contributed by atoms with Crippen molar-refractivity contribution in [3.05, 3.63) is 26.9 Å². The number of nitrogens with one attached hydrogen (secondary N) is 1. The Morgan fingerprint density at radius 2 is 2.23 bits per heavy atom. The van der Waals surface area contributed by atoms with Crippen molar-refractivity contribution in [3.63, 3.8) is 0 Å². The quantitative estimate of drug-likeness (QED) is 0.878. The zero-order chi connectivity index (χ0) is 16.5. The minimum Gasteiger partial charge on any atom is -0.444 e. The molecule has 6 nitrogen and oxygen atoms in total. The summed E-state index contributed by atoms with van der Waals surface area (Å²) in [4.78, 5) is 27.8. The molecule has 1 aliphatic rings. The van der Waals surface area contributed by atoms with Gasteiger partial charge in [0.2, 0.25) is 5.89 Å². The molecule has 0 aromatic carbocycles. The van der Waals surface area contributed by atoms with E-state index in [-0.39, 0.29) is 17.5 Å². The highest BCUT2D eigenvalue weighted by Crippen LogP contribution is 2.10. The Morgan fingerprint density at radius 3 is 2.86 bits per heavy atom. The number of fused-ring (bicyclic) bond motifs is 1. The van der Waals surface area contributed by atoms with Gasteiger partial charge in [-0.1, -0.05) is 6.08 Å². The van der Waals surface area contributed by atoms with Crippen LogP contribution >= 0.6 is 0 Å². The molecule has 7 heteroatoms. The van der Waals surface area contributed by atoms with Crippen LogP contribution in [0.4, 0.5) is 9.18 Å². The number of aromatic nitrogens is 1. The van der Waals surface area contributed by atoms with E-state index >= 15 is 0 Å². The molecule has 1 N–H and O–H groups in total. The van der Waals surface area contributed by atoms with Gasteiger partial charge in [0.05, 0.1) is 10.6 Å². The van der Waals surface area contributed by atoms with Crippen LogP contribution in [0.25, 0.3) is 12.2 Å². The molecule has 1 aromatic heterocycles. The Kier molecular flexibility index (Phi) is 4.35. The van der Waals surface area contributed by atoms with Gasteiger partial charge in [-0.25, -0.2) is 19.0 Å². The van der Waals surface area contributed by atoms with Crippen molar-refractivity contribution in [2.45, 2.75) is 51.9 Å². The van der Waals surface area contributed by atoms with Crippen molar-refractivity contribution in [3.8, 4) is 0 Å². The number of carbonyl (C=O) groups excluding carboxylic acids is 1. The number of hydrogen-bond acceptors (Lipinski definition) is 5. The number of ether oxygens (including phenoxy) is 1. The molecule has 2 rings (SSSR count). The van der Waals surface area contributed by atoms with E-state index in [1.54, 1.807) is 33.8 Å². The van der Waals surface area contributed by atoms with Crippen LogP contribution in [0.1, 0.15) is 46.0 Å². The number of nitrogens with zero attached hydrogens (tertiary/aromatic N) is 1. The summed E-state index contributed by atoms with van der Waals surface area (Å²) < 4.78 is 23.4. The topological polar surface area (TPSA) is 81.4 Å². The number of hydrogen-bond donors (Lipinski definition) is 1. The Bertz CT molecular complexity index is 748. The van der Waals surface area contributed by atoms with Crippen molar-refractivity contribution in [1.29, 1.82) is 0 Å². The minimum atomic E-state index is -1.21. The zero-order valence-corrected chi connectivity index (χ0v) is 13.0. The molecule has 0 saturated carbocycles. The Balaban J connectivity index is 2.24. The molecule has 0 aliphatic heterocycles. The van der Waals surface area contributed by atoms with Crippen molar-refractivity contribution in [2.75, 3.05) is 0 Å². The van der Waals surface area contributed by atoms with E-state index in [2.05, 4.69) is 10.3 Å². The van der Waals surface area contributed by atoms with Gasteiger partial charge in [-0.3, -0.25) is 0 Å². The molecule has 0 saturated heterocycles. The highest BCUT2D eigenvalue weighted by Gasteiger charge is 2.21. The Labute approximate surface area is 126 Å². The molecular weight excluding hydrogens is 291 g/mol. The standard InChI is InChI=1S/C15H19FN2O4/c1-8(17-14(20)22-15(2,3)4)12-18-11-6-5-9(16)7-10(11)13(19)21-12/h6-9H,5H2,1-4H3,(H,17,20)/t8-,9?/m0/s1. The summed E-state index contributed by atoms with van der Waals surface area (Å²) in [6.45, 7) is 6.85. The third-order valence-electron chi connectivity index (χ3n) is 2.91. The fourth-order valence-electron chi connectivity index (χ4n) is 1.97. The van der Waals surface area contributed by atoms with Gasteiger partial charge >= 0.3 is 11.7 Å². The minimum absolute atomic E-state index is 0.0524. The number of alkyl halides is 1. The lowest BCUT2D eigenvalue weighted by Crippen LogP contribution is -2.45. The molecule has 0 spiro atoms. The van der Waals surface area contributed by atoms with Crippen molar-refractivity contribution >= 4 is 18.2 Å². The Hall–Kier alpha value is -2.18. The van der Waals surface area contributed by atoms with Crippen LogP contribution < -0.4 is 21.5 Å². The number of amides is 1. The maximum atomic E-state index is 13.3. The first-order chi connectivity index (χ1) is 10.2. The summed E-state index contributed by atoms with van der Waals surface area (Å²) in [6, 6.07) is -0.649. The summed E-state index contributed by atoms with van der Waals surface area (Å²) >= 11 is 0. The maximum Gasteiger partial charge on any atom is 0.408 e. The van der Waals surface area contributed by atoms with E-state index < -0.39 is 29.5 Å². The van der Waals surface area contributed by atoms with Crippen LogP contribution in [-0.4, -0.2) is 22.8 Å². The van der Waals surface area contributed by atoms with Gasteiger partial charge in [0, 0.05) is 6.42 Å². The van der Waals surface area contributed by atoms with Gasteiger partial charge in [-0.15, -0.1) is 0 Å². The summed E-state index contributed by atoms with van der Waals surface area (Å²) in [6.07, 6.45) is 1.06. The van der Waals surface area contributed by atoms with E-state index in [4.69, 9.17) is 9.15 Å². The van der Waals surface area contributed by atoms with Crippen LogP contribution in [0.15, 0.2) is 9.21 Å². The fraction of sp³-hybridized carbons (Fsp3) is 0.533. The lowest BCUT2D eigenvalue weighted by atomic mass is 10.1. The molecule has 22 heavy (non-hydrogen) atoms. The molecule has 1 aliphatic carbocycles. The van der Waals surface area contributed by atoms with Crippen molar-refractivity contribution in [2.24, 2.45) is 0 Å². The van der Waals surface area contributed by atoms with Gasteiger partial charge in [0.1, 0.15) is 17.8 Å². The maximum absolute atomic E-state index is 13.3. The first-order valence-electron chi connectivity index (χ1n) is 7.02. The van der Waals surface area contributed by atoms with Crippen molar-refractivity contribution in [1.82, 2.24) is 10.3 Å². The summed E-state index contributed by atoms with van der Waals surface area (Å²) in [5.41, 5.74) is -1.30. The second-order valence-corrected chi connectivity index (χ2v) is 6.13. The van der Waals surface area contributed by atoms with E-state index in [9.17, 15) is 14.0 Å². The van der Waals surface area contributed by atoms with Crippen LogP contribution in [0.3, 0.4) is 0 Å². The van der Waals surface area contributed by atoms with Gasteiger partial charge < -0.3 is 14.5 Å². The lowest BCUT2D eigenvalue weighted by Gasteiger charge is -2.21. The van der Waals surface area contributed by atoms with Gasteiger partial charge in [-0.05, 0) is 33.8 Å². The highest BCUT2D eigenvalue weighted by molar-refractivity contribution is 5.68. The molecule has 1 unspecified atom stereocenters. The fourth-order valence-corrected chi connectivity index (χ4v) is 1.97. The predicted molar refractivity (Wildman–Crippen MR) is 78.3 cm³/mol. The van der Waals surface area contributed by atoms with Crippen LogP contribution in [-0.2, 0) is 4.74 Å². The highest BCUT2D eigenvalue weighted by atomic mass is 19.1. The largest absolute Gasteiger partial charge is 0.444 e. The smallest absolute Gasteiger partial charge is 0.408 e. The van der Waals surface area contributed by atoms with E-state index in [0.717, 1.165) is 0 Å². The molecular formula is C15H19FN2O4. The average Bonchev–Trinajstić information content (AvgIpc) is 2.37. The van der Waals surface area contributed by atoms with Crippen LogP contribution in [0, 0.1) is 0 Å². The number of carbonyl (C=O) groups is 1. The van der Waals surface area contributed by atoms with E-state index in [1.807, 2.05) is 0 Å². The van der Waals surface area contributed by atoms with Gasteiger partial charge in [0.25, 0.3) is 0 Å². The molecule has 1 aromatic rings. The molecule has 0 bridgehead atoms. The lowest BCUT2D eigenvalue weighted by molar-refractivity contribution is 0.0499. The monoisotopic (exact) mass is 310 g/mol. The normalized spacial score (nSPS) is 18.5. The van der Waals surface area contributed by atoms with Gasteiger partial charge in [-0.2, -0.15) is 0 Å². The van der Waals surface area contributed by atoms with E-state index in [1.165, 1.54) is 6.08 Å². The van der Waals surface area contributed by atoms with E-state index in [0.29, 0.717) is 5.35 Å². The van der Waals surface area contributed by atoms with Crippen LogP contribution in [0.5, 0.6) is 0 Å². The summed E-state index contributed by atoms with van der Waals surface area (Å²) in [5.74, 6) is 0.0524. The van der Waals surface area contributed by atoms with Gasteiger partial charge in [0.15, 0.2) is 0 Å². The predicted octanol–water partition coefficient (Wildman–Crippen LogP) is 0.923. The van der Waals surface area contributed by atoms with Crippen LogP contribution in [0.2, 0.25) is 0 Å². The molecule has 0 radical (unpaired) electrons. The molecule has 0 fully saturated rings. The SMILES string of the molecule is C[C@H](NC(=O)OC(C)(C)C)c1nc2c(c(=O)o1)=CC(F)CC=2. The number of halogens is 1. The molecule has 1 amide bonds. The Morgan fingerprint density at radius 1 is 1.55 bits per heavy atom. The third kappa shape index (κ3) is 3.93. The average molecular weight is 310 g/mol. The summed E-state index contributed by atoms with van der Waals surface area (Å²) in [5, 5.41) is 3.03. The second kappa shape index (κ2) is 5.90. The molecule has 120 valence electrons. The second-order valence-electron chi connectivity index (χ2n) is 6.13. The first-order valence-corrected chi connectivity index (χ1v) is 7.02. The number of alkyl carbamates (subject to hydrolysis) is 1. The molecule has 2 atom stereocenters. The summed E-state index contributed by atoms with van der Waals surface area (Å²) in [7, 11) is 0.